The highest BCUT2D eigenvalue weighted by Crippen LogP contribution is 2.17. The van der Waals surface area contributed by atoms with Crippen LogP contribution in [0.4, 0.5) is 0 Å². The Morgan fingerprint density at radius 1 is 1.82 bits per heavy atom. The van der Waals surface area contributed by atoms with E-state index >= 15 is 0 Å². The first-order chi connectivity index (χ1) is 5.27. The van der Waals surface area contributed by atoms with Gasteiger partial charge in [-0.15, -0.1) is 11.6 Å². The van der Waals surface area contributed by atoms with Gasteiger partial charge in [-0.2, -0.15) is 9.64 Å². The molecule has 5 heteroatoms. The second kappa shape index (κ2) is 3.65. The molecule has 3 nitrogen and oxygen atoms in total. The molecule has 1 aromatic heterocycles. The van der Waals surface area contributed by atoms with Crippen LogP contribution < -0.4 is 0 Å². The molecule has 0 aliphatic heterocycles. The summed E-state index contributed by atoms with van der Waals surface area (Å²) in [6.45, 7) is 1.79. The molecule has 1 rings (SSSR count). The van der Waals surface area contributed by atoms with E-state index in [0.717, 1.165) is 0 Å². The molecule has 1 heterocycles. The van der Waals surface area contributed by atoms with Gasteiger partial charge in [0.25, 0.3) is 0 Å². The molecule has 0 spiro atoms. The number of hydrogen-bond donors (Lipinski definition) is 0. The summed E-state index contributed by atoms with van der Waals surface area (Å²) in [5, 5.41) is 9.30. The summed E-state index contributed by atoms with van der Waals surface area (Å²) in [5.41, 5.74) is 0. The van der Waals surface area contributed by atoms with Gasteiger partial charge >= 0.3 is 0 Å². The molecule has 58 valence electrons. The van der Waals surface area contributed by atoms with E-state index in [1.165, 1.54) is 11.5 Å². The van der Waals surface area contributed by atoms with Crippen molar-refractivity contribution in [2.45, 2.75) is 12.8 Å². The zero-order valence-corrected chi connectivity index (χ0v) is 7.48. The van der Waals surface area contributed by atoms with Crippen LogP contribution in [0.15, 0.2) is 0 Å². The Balaban J connectivity index is 2.84. The summed E-state index contributed by atoms with van der Waals surface area (Å²) in [6, 6.07) is 2.06. The minimum atomic E-state index is -0.303. The predicted molar refractivity (Wildman–Crippen MR) is 43.7 cm³/mol. The second-order valence-corrected chi connectivity index (χ2v) is 3.11. The molecule has 0 amide bonds. The molecule has 1 atom stereocenters. The van der Waals surface area contributed by atoms with Crippen molar-refractivity contribution >= 4 is 23.1 Å². The van der Waals surface area contributed by atoms with Crippen molar-refractivity contribution in [1.29, 1.82) is 5.26 Å². The smallest absolute Gasteiger partial charge is 0.139 e. The van der Waals surface area contributed by atoms with E-state index in [1.807, 2.05) is 0 Å². The van der Waals surface area contributed by atoms with Crippen LogP contribution in [0.25, 0.3) is 0 Å². The van der Waals surface area contributed by atoms with E-state index in [0.29, 0.717) is 10.8 Å². The lowest BCUT2D eigenvalue weighted by Gasteiger charge is -1.95. The Morgan fingerprint density at radius 3 is 2.91 bits per heavy atom. The fourth-order valence-corrected chi connectivity index (χ4v) is 1.62. The van der Waals surface area contributed by atoms with Gasteiger partial charge < -0.3 is 0 Å². The molecule has 0 aliphatic rings. The number of aryl methyl sites for hydroxylation is 1. The Morgan fingerprint density at radius 2 is 2.55 bits per heavy atom. The molecule has 1 unspecified atom stereocenters. The fourth-order valence-electron chi connectivity index (χ4n) is 0.610. The molecule has 0 saturated carbocycles. The topological polar surface area (TPSA) is 49.6 Å². The van der Waals surface area contributed by atoms with Gasteiger partial charge in [0.2, 0.25) is 0 Å². The van der Waals surface area contributed by atoms with E-state index in [4.69, 9.17) is 16.9 Å². The zero-order valence-electron chi connectivity index (χ0n) is 5.91. The van der Waals surface area contributed by atoms with Crippen molar-refractivity contribution in [3.63, 3.8) is 0 Å². The Labute approximate surface area is 73.8 Å². The number of hydrogen-bond acceptors (Lipinski definition) is 4. The molecule has 0 fully saturated rings. The third-order valence-corrected chi connectivity index (χ3v) is 2.38. The van der Waals surface area contributed by atoms with Crippen LogP contribution in [0.2, 0.25) is 0 Å². The van der Waals surface area contributed by atoms with Crippen molar-refractivity contribution in [2.75, 3.05) is 5.88 Å². The fraction of sp³-hybridized carbons (Fsp3) is 0.500. The quantitative estimate of drug-likeness (QED) is 0.663. The average Bonchev–Trinajstić information content (AvgIpc) is 2.39. The molecule has 0 aromatic carbocycles. The lowest BCUT2D eigenvalue weighted by Crippen LogP contribution is -1.95. The molecule has 0 radical (unpaired) electrons. The maximum atomic E-state index is 8.59. The molecular weight excluding hydrogens is 182 g/mol. The maximum absolute atomic E-state index is 8.59. The van der Waals surface area contributed by atoms with E-state index < -0.39 is 0 Å². The number of nitrogens with zero attached hydrogens (tertiary/aromatic N) is 3. The third kappa shape index (κ3) is 1.88. The summed E-state index contributed by atoms with van der Waals surface area (Å²) in [4.78, 5) is 4.05. The van der Waals surface area contributed by atoms with E-state index in [1.54, 1.807) is 6.92 Å². The summed E-state index contributed by atoms with van der Waals surface area (Å²) in [7, 11) is 0. The zero-order chi connectivity index (χ0) is 8.27. The molecular formula is C6H6ClN3S. The van der Waals surface area contributed by atoms with Gasteiger partial charge in [-0.1, -0.05) is 0 Å². The van der Waals surface area contributed by atoms with Crippen LogP contribution >= 0.6 is 23.1 Å². The normalized spacial score (nSPS) is 12.5. The Kier molecular flexibility index (Phi) is 2.80. The largest absolute Gasteiger partial charge is 0.223 e. The lowest BCUT2D eigenvalue weighted by molar-refractivity contribution is 0.950. The van der Waals surface area contributed by atoms with Gasteiger partial charge in [-0.3, -0.25) is 0 Å². The lowest BCUT2D eigenvalue weighted by atomic mass is 10.2. The van der Waals surface area contributed by atoms with Crippen molar-refractivity contribution in [3.8, 4) is 6.07 Å². The highest BCUT2D eigenvalue weighted by atomic mass is 35.5. The van der Waals surface area contributed by atoms with E-state index in [2.05, 4.69) is 15.4 Å². The van der Waals surface area contributed by atoms with Crippen molar-refractivity contribution < 1.29 is 0 Å². The molecule has 1 aromatic rings. The van der Waals surface area contributed by atoms with Crippen LogP contribution in [0.5, 0.6) is 0 Å². The number of aromatic nitrogens is 2. The summed E-state index contributed by atoms with van der Waals surface area (Å²) >= 11 is 6.77. The number of halogens is 1. The van der Waals surface area contributed by atoms with Crippen LogP contribution in [-0.2, 0) is 0 Å². The highest BCUT2D eigenvalue weighted by molar-refractivity contribution is 7.05. The van der Waals surface area contributed by atoms with Crippen molar-refractivity contribution in [1.82, 2.24) is 9.36 Å². The van der Waals surface area contributed by atoms with Gasteiger partial charge in [0.1, 0.15) is 16.7 Å². The first-order valence-electron chi connectivity index (χ1n) is 3.03. The summed E-state index contributed by atoms with van der Waals surface area (Å²) in [5.74, 6) is 0.684. The van der Waals surface area contributed by atoms with Crippen LogP contribution in [-0.4, -0.2) is 15.2 Å². The van der Waals surface area contributed by atoms with Gasteiger partial charge in [0.15, 0.2) is 0 Å². The standard InChI is InChI=1S/C6H6ClN3S/c1-4-9-6(11-10-4)5(2-7)3-8/h5H,2H2,1H3. The van der Waals surface area contributed by atoms with Crippen LogP contribution in [0.3, 0.4) is 0 Å². The van der Waals surface area contributed by atoms with Crippen molar-refractivity contribution in [3.05, 3.63) is 10.8 Å². The monoisotopic (exact) mass is 187 g/mol. The predicted octanol–water partition coefficient (Wildman–Crippen LogP) is 1.69. The SMILES string of the molecule is Cc1nsc(C(C#N)CCl)n1. The van der Waals surface area contributed by atoms with Crippen LogP contribution in [0, 0.1) is 18.3 Å². The minimum Gasteiger partial charge on any atom is -0.223 e. The molecule has 0 aliphatic carbocycles. The second-order valence-electron chi connectivity index (χ2n) is 2.02. The molecule has 11 heavy (non-hydrogen) atoms. The molecule has 0 bridgehead atoms. The number of alkyl halides is 1. The summed E-state index contributed by atoms with van der Waals surface area (Å²) in [6.07, 6.45) is 0. The molecule has 0 saturated heterocycles. The number of nitriles is 1. The van der Waals surface area contributed by atoms with Crippen molar-refractivity contribution in [2.24, 2.45) is 0 Å². The van der Waals surface area contributed by atoms with E-state index in [-0.39, 0.29) is 11.8 Å². The minimum absolute atomic E-state index is 0.283. The van der Waals surface area contributed by atoms with Gasteiger partial charge in [-0.05, 0) is 18.5 Å². The van der Waals surface area contributed by atoms with Gasteiger partial charge in [-0.25, -0.2) is 4.98 Å². The number of rotatable bonds is 2. The van der Waals surface area contributed by atoms with E-state index in [9.17, 15) is 0 Å². The summed E-state index contributed by atoms with van der Waals surface area (Å²) < 4.78 is 3.95. The third-order valence-electron chi connectivity index (χ3n) is 1.15. The average molecular weight is 188 g/mol. The first kappa shape index (κ1) is 8.44. The Hall–Kier alpha value is -0.660. The van der Waals surface area contributed by atoms with Gasteiger partial charge in [0.05, 0.1) is 6.07 Å². The first-order valence-corrected chi connectivity index (χ1v) is 4.34. The molecule has 0 N–H and O–H groups in total. The maximum Gasteiger partial charge on any atom is 0.139 e. The highest BCUT2D eigenvalue weighted by Gasteiger charge is 2.13. The Bertz CT molecular complexity index is 278. The van der Waals surface area contributed by atoms with Gasteiger partial charge in [0, 0.05) is 5.88 Å². The van der Waals surface area contributed by atoms with Crippen LogP contribution in [0.1, 0.15) is 16.7 Å².